The second-order valence-electron chi connectivity index (χ2n) is 5.21. The standard InChI is InChI=1S/C15H18BrN3O/c16-12-6-4-5-11(9-12)10-14-18-15(20-19-14)13-7-2-1-3-8-17-13/h4-6,9,13,17H,1-3,7-8,10H2. The van der Waals surface area contributed by atoms with Crippen LogP contribution >= 0.6 is 15.9 Å². The van der Waals surface area contributed by atoms with Gasteiger partial charge in [0.1, 0.15) is 0 Å². The lowest BCUT2D eigenvalue weighted by atomic mass is 10.1. The van der Waals surface area contributed by atoms with Crippen LogP contribution in [0.25, 0.3) is 0 Å². The fraction of sp³-hybridized carbons (Fsp3) is 0.467. The predicted molar refractivity (Wildman–Crippen MR) is 80.5 cm³/mol. The summed E-state index contributed by atoms with van der Waals surface area (Å²) < 4.78 is 6.50. The van der Waals surface area contributed by atoms with Crippen molar-refractivity contribution >= 4 is 15.9 Å². The van der Waals surface area contributed by atoms with E-state index in [0.29, 0.717) is 6.42 Å². The first kappa shape index (κ1) is 13.8. The van der Waals surface area contributed by atoms with Crippen LogP contribution in [-0.2, 0) is 6.42 Å². The fourth-order valence-corrected chi connectivity index (χ4v) is 3.00. The molecule has 4 nitrogen and oxygen atoms in total. The molecule has 1 saturated heterocycles. The Balaban J connectivity index is 1.70. The smallest absolute Gasteiger partial charge is 0.243 e. The van der Waals surface area contributed by atoms with Gasteiger partial charge in [-0.15, -0.1) is 0 Å². The molecule has 106 valence electrons. The van der Waals surface area contributed by atoms with Gasteiger partial charge in [-0.1, -0.05) is 46.1 Å². The van der Waals surface area contributed by atoms with E-state index in [1.54, 1.807) is 0 Å². The topological polar surface area (TPSA) is 51.0 Å². The van der Waals surface area contributed by atoms with Crippen molar-refractivity contribution in [1.29, 1.82) is 0 Å². The molecule has 1 aliphatic rings. The maximum atomic E-state index is 5.43. The summed E-state index contributed by atoms with van der Waals surface area (Å²) in [5.41, 5.74) is 1.18. The van der Waals surface area contributed by atoms with Gasteiger partial charge in [0.15, 0.2) is 5.82 Å². The predicted octanol–water partition coefficient (Wildman–Crippen LogP) is 3.63. The highest BCUT2D eigenvalue weighted by Crippen LogP contribution is 2.22. The molecule has 0 aliphatic carbocycles. The van der Waals surface area contributed by atoms with Gasteiger partial charge in [0.2, 0.25) is 5.89 Å². The molecule has 1 aromatic heterocycles. The molecule has 5 heteroatoms. The Morgan fingerprint density at radius 1 is 1.30 bits per heavy atom. The van der Waals surface area contributed by atoms with E-state index in [9.17, 15) is 0 Å². The van der Waals surface area contributed by atoms with Crippen LogP contribution in [0.1, 0.15) is 49.0 Å². The number of hydrogen-bond donors (Lipinski definition) is 1. The highest BCUT2D eigenvalue weighted by molar-refractivity contribution is 9.10. The number of nitrogens with one attached hydrogen (secondary N) is 1. The third kappa shape index (κ3) is 3.46. The van der Waals surface area contributed by atoms with E-state index in [-0.39, 0.29) is 6.04 Å². The molecule has 0 spiro atoms. The van der Waals surface area contributed by atoms with Crippen LogP contribution in [0.2, 0.25) is 0 Å². The zero-order valence-corrected chi connectivity index (χ0v) is 12.9. The van der Waals surface area contributed by atoms with Gasteiger partial charge in [-0.05, 0) is 37.1 Å². The lowest BCUT2D eigenvalue weighted by molar-refractivity contribution is 0.325. The van der Waals surface area contributed by atoms with Crippen LogP contribution in [0.5, 0.6) is 0 Å². The van der Waals surface area contributed by atoms with Crippen molar-refractivity contribution in [1.82, 2.24) is 15.5 Å². The minimum Gasteiger partial charge on any atom is -0.338 e. The van der Waals surface area contributed by atoms with Gasteiger partial charge in [0.05, 0.1) is 6.04 Å². The lowest BCUT2D eigenvalue weighted by Crippen LogP contribution is -2.20. The SMILES string of the molecule is Brc1cccc(Cc2noc(C3CCCCCN3)n2)c1. The summed E-state index contributed by atoms with van der Waals surface area (Å²) in [6.45, 7) is 1.04. The zero-order valence-electron chi connectivity index (χ0n) is 11.3. The van der Waals surface area contributed by atoms with Crippen molar-refractivity contribution in [2.24, 2.45) is 0 Å². The summed E-state index contributed by atoms with van der Waals surface area (Å²) >= 11 is 3.48. The molecule has 2 aromatic rings. The first-order chi connectivity index (χ1) is 9.81. The van der Waals surface area contributed by atoms with Gasteiger partial charge < -0.3 is 9.84 Å². The van der Waals surface area contributed by atoms with Crippen LogP contribution in [0.3, 0.4) is 0 Å². The van der Waals surface area contributed by atoms with Crippen molar-refractivity contribution in [2.75, 3.05) is 6.54 Å². The highest BCUT2D eigenvalue weighted by atomic mass is 79.9. The van der Waals surface area contributed by atoms with Crippen LogP contribution in [0, 0.1) is 0 Å². The van der Waals surface area contributed by atoms with Crippen molar-refractivity contribution in [2.45, 2.75) is 38.1 Å². The van der Waals surface area contributed by atoms with E-state index >= 15 is 0 Å². The normalized spacial score (nSPS) is 19.8. The van der Waals surface area contributed by atoms with E-state index < -0.39 is 0 Å². The molecule has 1 atom stereocenters. The van der Waals surface area contributed by atoms with Crippen molar-refractivity contribution in [3.8, 4) is 0 Å². The van der Waals surface area contributed by atoms with E-state index in [2.05, 4.69) is 43.5 Å². The second-order valence-corrected chi connectivity index (χ2v) is 6.13. The summed E-state index contributed by atoms with van der Waals surface area (Å²) in [6.07, 6.45) is 5.52. The summed E-state index contributed by atoms with van der Waals surface area (Å²) in [6, 6.07) is 8.42. The van der Waals surface area contributed by atoms with Gasteiger partial charge in [0.25, 0.3) is 0 Å². The van der Waals surface area contributed by atoms with Gasteiger partial charge in [-0.25, -0.2) is 0 Å². The fourth-order valence-electron chi connectivity index (χ4n) is 2.55. The van der Waals surface area contributed by atoms with Crippen LogP contribution in [0.4, 0.5) is 0 Å². The van der Waals surface area contributed by atoms with Gasteiger partial charge in [0, 0.05) is 10.9 Å². The molecule has 2 heterocycles. The minimum absolute atomic E-state index is 0.223. The number of hydrogen-bond acceptors (Lipinski definition) is 4. The quantitative estimate of drug-likeness (QED) is 0.930. The Labute approximate surface area is 127 Å². The molecule has 1 unspecified atom stereocenters. The lowest BCUT2D eigenvalue weighted by Gasteiger charge is -2.09. The van der Waals surface area contributed by atoms with Gasteiger partial charge in [-0.2, -0.15) is 4.98 Å². The minimum atomic E-state index is 0.223. The average Bonchev–Trinajstić information content (AvgIpc) is 2.73. The first-order valence-corrected chi connectivity index (χ1v) is 7.91. The molecular weight excluding hydrogens is 318 g/mol. The largest absolute Gasteiger partial charge is 0.338 e. The molecule has 1 N–H and O–H groups in total. The molecule has 20 heavy (non-hydrogen) atoms. The third-order valence-corrected chi connectivity index (χ3v) is 4.09. The molecule has 1 fully saturated rings. The Morgan fingerprint density at radius 3 is 3.15 bits per heavy atom. The summed E-state index contributed by atoms with van der Waals surface area (Å²) in [7, 11) is 0. The Bertz CT molecular complexity index is 562. The summed E-state index contributed by atoms with van der Waals surface area (Å²) in [5, 5.41) is 7.59. The number of rotatable bonds is 3. The molecule has 1 aromatic carbocycles. The summed E-state index contributed by atoms with van der Waals surface area (Å²) in [5.74, 6) is 1.49. The van der Waals surface area contributed by atoms with Crippen LogP contribution in [-0.4, -0.2) is 16.7 Å². The Kier molecular flexibility index (Phi) is 4.47. The maximum absolute atomic E-state index is 5.43. The van der Waals surface area contributed by atoms with E-state index in [4.69, 9.17) is 4.52 Å². The Hall–Kier alpha value is -1.20. The van der Waals surface area contributed by atoms with Crippen molar-refractivity contribution in [3.63, 3.8) is 0 Å². The molecule has 0 radical (unpaired) electrons. The number of benzene rings is 1. The molecule has 0 saturated carbocycles. The summed E-state index contributed by atoms with van der Waals surface area (Å²) in [4.78, 5) is 4.54. The van der Waals surface area contributed by atoms with E-state index in [1.807, 2.05) is 12.1 Å². The third-order valence-electron chi connectivity index (χ3n) is 3.59. The zero-order chi connectivity index (χ0) is 13.8. The van der Waals surface area contributed by atoms with Gasteiger partial charge >= 0.3 is 0 Å². The maximum Gasteiger partial charge on any atom is 0.243 e. The molecule has 0 bridgehead atoms. The number of halogens is 1. The molecule has 3 rings (SSSR count). The molecule has 1 aliphatic heterocycles. The van der Waals surface area contributed by atoms with Gasteiger partial charge in [-0.3, -0.25) is 0 Å². The first-order valence-electron chi connectivity index (χ1n) is 7.11. The van der Waals surface area contributed by atoms with Crippen LogP contribution in [0.15, 0.2) is 33.3 Å². The van der Waals surface area contributed by atoms with E-state index in [0.717, 1.165) is 29.2 Å². The number of nitrogens with zero attached hydrogens (tertiary/aromatic N) is 2. The molecular formula is C15H18BrN3O. The van der Waals surface area contributed by atoms with Crippen molar-refractivity contribution < 1.29 is 4.52 Å². The Morgan fingerprint density at radius 2 is 2.25 bits per heavy atom. The number of aromatic nitrogens is 2. The monoisotopic (exact) mass is 335 g/mol. The average molecular weight is 336 g/mol. The van der Waals surface area contributed by atoms with Crippen molar-refractivity contribution in [3.05, 3.63) is 46.0 Å². The van der Waals surface area contributed by atoms with Crippen LogP contribution < -0.4 is 5.32 Å². The molecule has 0 amide bonds. The second kappa shape index (κ2) is 6.50. The highest BCUT2D eigenvalue weighted by Gasteiger charge is 2.20. The van der Waals surface area contributed by atoms with E-state index in [1.165, 1.54) is 24.8 Å².